The lowest BCUT2D eigenvalue weighted by Gasteiger charge is -2.07. The summed E-state index contributed by atoms with van der Waals surface area (Å²) in [6.45, 7) is 6.04. The first-order chi connectivity index (χ1) is 14.0. The summed E-state index contributed by atoms with van der Waals surface area (Å²) in [5.41, 5.74) is 3.44. The summed E-state index contributed by atoms with van der Waals surface area (Å²) < 4.78 is 3.36. The zero-order chi connectivity index (χ0) is 20.7. The predicted octanol–water partition coefficient (Wildman–Crippen LogP) is 4.84. The van der Waals surface area contributed by atoms with Crippen molar-refractivity contribution in [3.8, 4) is 5.69 Å². The van der Waals surface area contributed by atoms with E-state index in [2.05, 4.69) is 15.7 Å². The second-order valence-electron chi connectivity index (χ2n) is 7.46. The molecule has 0 amide bonds. The lowest BCUT2D eigenvalue weighted by molar-refractivity contribution is 0.713. The number of fused-ring (bicyclic) bond motifs is 4. The molecule has 0 fully saturated rings. The standard InChI is InChI=1S/C21H21N3O2S.C2H6/c1-12-11-23(2)16-9-8-13(10-15(12)16)24-20(25)18-14-6-4-3-5-7-17(14)27-19(18)22-21(24)26;1-2/h8-11H,3-7H2,1-2H3,(H,22,26);1-2H3. The van der Waals surface area contributed by atoms with Crippen molar-refractivity contribution in [2.75, 3.05) is 0 Å². The van der Waals surface area contributed by atoms with Gasteiger partial charge in [-0.3, -0.25) is 9.78 Å². The first kappa shape index (κ1) is 19.7. The lowest BCUT2D eigenvalue weighted by atomic mass is 10.1. The van der Waals surface area contributed by atoms with E-state index in [0.29, 0.717) is 11.1 Å². The number of hydrogen-bond donors (Lipinski definition) is 1. The van der Waals surface area contributed by atoms with Crippen LogP contribution in [0.1, 0.15) is 49.1 Å². The fraction of sp³-hybridized carbons (Fsp3) is 0.391. The van der Waals surface area contributed by atoms with Gasteiger partial charge >= 0.3 is 5.69 Å². The molecule has 5 nitrogen and oxygen atoms in total. The molecule has 0 atom stereocenters. The number of aryl methyl sites for hydroxylation is 4. The van der Waals surface area contributed by atoms with Crippen LogP contribution in [-0.4, -0.2) is 14.1 Å². The molecule has 0 unspecified atom stereocenters. The number of aromatic amines is 1. The van der Waals surface area contributed by atoms with Crippen molar-refractivity contribution < 1.29 is 0 Å². The van der Waals surface area contributed by atoms with Crippen LogP contribution in [0.2, 0.25) is 0 Å². The van der Waals surface area contributed by atoms with Crippen molar-refractivity contribution in [2.24, 2.45) is 7.05 Å². The van der Waals surface area contributed by atoms with Crippen molar-refractivity contribution in [3.05, 3.63) is 61.2 Å². The third-order valence-corrected chi connectivity index (χ3v) is 6.90. The Kier molecular flexibility index (Phi) is 5.21. The third-order valence-electron chi connectivity index (χ3n) is 5.69. The molecule has 1 N–H and O–H groups in total. The van der Waals surface area contributed by atoms with Gasteiger partial charge in [-0.25, -0.2) is 9.36 Å². The van der Waals surface area contributed by atoms with Crippen LogP contribution < -0.4 is 11.2 Å². The van der Waals surface area contributed by atoms with Gasteiger partial charge in [0.2, 0.25) is 0 Å². The van der Waals surface area contributed by atoms with Crippen LogP contribution >= 0.6 is 11.3 Å². The lowest BCUT2D eigenvalue weighted by Crippen LogP contribution is -2.33. The highest BCUT2D eigenvalue weighted by molar-refractivity contribution is 7.18. The van der Waals surface area contributed by atoms with Crippen LogP contribution in [0.25, 0.3) is 26.8 Å². The maximum Gasteiger partial charge on any atom is 0.334 e. The second-order valence-corrected chi connectivity index (χ2v) is 8.57. The fourth-order valence-electron chi connectivity index (χ4n) is 4.36. The Hall–Kier alpha value is -2.60. The first-order valence-corrected chi connectivity index (χ1v) is 11.2. The quantitative estimate of drug-likeness (QED) is 0.458. The Morgan fingerprint density at radius 2 is 1.83 bits per heavy atom. The minimum atomic E-state index is -0.364. The zero-order valence-electron chi connectivity index (χ0n) is 17.5. The third kappa shape index (κ3) is 3.15. The molecule has 3 aromatic heterocycles. The summed E-state index contributed by atoms with van der Waals surface area (Å²) >= 11 is 1.58. The molecular weight excluding hydrogens is 382 g/mol. The van der Waals surface area contributed by atoms with E-state index in [4.69, 9.17) is 0 Å². The Bertz CT molecular complexity index is 1320. The molecule has 29 heavy (non-hydrogen) atoms. The van der Waals surface area contributed by atoms with Gasteiger partial charge < -0.3 is 4.57 Å². The molecule has 0 bridgehead atoms. The molecule has 0 saturated heterocycles. The Balaban J connectivity index is 0.000000994. The molecule has 0 saturated carbocycles. The van der Waals surface area contributed by atoms with Gasteiger partial charge in [-0.05, 0) is 61.9 Å². The van der Waals surface area contributed by atoms with Gasteiger partial charge in [-0.15, -0.1) is 11.3 Å². The van der Waals surface area contributed by atoms with Crippen molar-refractivity contribution in [1.29, 1.82) is 0 Å². The van der Waals surface area contributed by atoms with Gasteiger partial charge in [-0.2, -0.15) is 0 Å². The average molecular weight is 410 g/mol. The molecule has 1 aliphatic carbocycles. The number of benzene rings is 1. The Labute approximate surface area is 173 Å². The van der Waals surface area contributed by atoms with E-state index in [1.165, 1.54) is 15.9 Å². The first-order valence-electron chi connectivity index (χ1n) is 10.4. The largest absolute Gasteiger partial charge is 0.350 e. The van der Waals surface area contributed by atoms with Crippen LogP contribution in [0.15, 0.2) is 34.0 Å². The smallest absolute Gasteiger partial charge is 0.334 e. The van der Waals surface area contributed by atoms with Crippen LogP contribution in [0, 0.1) is 6.92 Å². The minimum absolute atomic E-state index is 0.193. The zero-order valence-corrected chi connectivity index (χ0v) is 18.3. The summed E-state index contributed by atoms with van der Waals surface area (Å²) in [6.07, 6.45) is 7.45. The molecule has 1 aliphatic rings. The van der Waals surface area contributed by atoms with Crippen LogP contribution in [0.3, 0.4) is 0 Å². The van der Waals surface area contributed by atoms with Crippen molar-refractivity contribution in [3.63, 3.8) is 0 Å². The number of aromatic nitrogens is 3. The van der Waals surface area contributed by atoms with E-state index in [1.807, 2.05) is 46.0 Å². The summed E-state index contributed by atoms with van der Waals surface area (Å²) in [4.78, 5) is 31.1. The molecule has 0 aliphatic heterocycles. The maximum absolute atomic E-state index is 13.4. The monoisotopic (exact) mass is 409 g/mol. The minimum Gasteiger partial charge on any atom is -0.350 e. The maximum atomic E-state index is 13.4. The Morgan fingerprint density at radius 3 is 2.62 bits per heavy atom. The highest BCUT2D eigenvalue weighted by atomic mass is 32.1. The van der Waals surface area contributed by atoms with Gasteiger partial charge in [0.15, 0.2) is 0 Å². The highest BCUT2D eigenvalue weighted by Crippen LogP contribution is 2.32. The number of H-pyrrole nitrogens is 1. The normalized spacial score (nSPS) is 13.8. The topological polar surface area (TPSA) is 59.8 Å². The SMILES string of the molecule is CC.Cc1cn(C)c2ccc(-n3c(=O)[nH]c4sc5c(c4c3=O)CCCCC5)cc12. The van der Waals surface area contributed by atoms with Crippen LogP contribution in [0.5, 0.6) is 0 Å². The van der Waals surface area contributed by atoms with E-state index in [1.54, 1.807) is 11.3 Å². The molecule has 1 aromatic carbocycles. The number of rotatable bonds is 1. The van der Waals surface area contributed by atoms with Gasteiger partial charge in [0.05, 0.1) is 11.1 Å². The van der Waals surface area contributed by atoms with Gasteiger partial charge in [0.1, 0.15) is 4.83 Å². The van der Waals surface area contributed by atoms with Crippen LogP contribution in [-0.2, 0) is 19.9 Å². The molecule has 0 spiro atoms. The van der Waals surface area contributed by atoms with Gasteiger partial charge in [0.25, 0.3) is 5.56 Å². The van der Waals surface area contributed by atoms with Crippen molar-refractivity contribution >= 4 is 32.5 Å². The summed E-state index contributed by atoms with van der Waals surface area (Å²) in [5, 5.41) is 1.77. The number of nitrogens with one attached hydrogen (secondary N) is 1. The fourth-order valence-corrected chi connectivity index (χ4v) is 5.64. The molecule has 3 heterocycles. The van der Waals surface area contributed by atoms with Crippen molar-refractivity contribution in [1.82, 2.24) is 14.1 Å². The number of nitrogens with zero attached hydrogens (tertiary/aromatic N) is 2. The highest BCUT2D eigenvalue weighted by Gasteiger charge is 2.20. The molecular formula is C23H27N3O2S. The molecule has 0 radical (unpaired) electrons. The second kappa shape index (κ2) is 7.67. The summed E-state index contributed by atoms with van der Waals surface area (Å²) in [6, 6.07) is 5.77. The molecule has 5 rings (SSSR count). The molecule has 6 heteroatoms. The molecule has 152 valence electrons. The number of hydrogen-bond acceptors (Lipinski definition) is 3. The summed E-state index contributed by atoms with van der Waals surface area (Å²) in [7, 11) is 2.00. The van der Waals surface area contributed by atoms with E-state index >= 15 is 0 Å². The summed E-state index contributed by atoms with van der Waals surface area (Å²) in [5.74, 6) is 0. The van der Waals surface area contributed by atoms with E-state index < -0.39 is 0 Å². The predicted molar refractivity (Wildman–Crippen MR) is 122 cm³/mol. The van der Waals surface area contributed by atoms with E-state index in [0.717, 1.165) is 52.5 Å². The number of thiophene rings is 1. The van der Waals surface area contributed by atoms with E-state index in [9.17, 15) is 9.59 Å². The Morgan fingerprint density at radius 1 is 1.07 bits per heavy atom. The van der Waals surface area contributed by atoms with Crippen molar-refractivity contribution in [2.45, 2.75) is 52.9 Å². The average Bonchev–Trinajstić information content (AvgIpc) is 3.09. The van der Waals surface area contributed by atoms with E-state index in [-0.39, 0.29) is 11.2 Å². The van der Waals surface area contributed by atoms with Crippen LogP contribution in [0.4, 0.5) is 0 Å². The van der Waals surface area contributed by atoms with Gasteiger partial charge in [-0.1, -0.05) is 20.3 Å². The van der Waals surface area contributed by atoms with Gasteiger partial charge in [0, 0.05) is 29.0 Å². The molecule has 4 aromatic rings.